The van der Waals surface area contributed by atoms with Crippen LogP contribution in [0.25, 0.3) is 0 Å². The molecule has 2 aliphatic carbocycles. The number of nitrogens with zero attached hydrogens (tertiary/aromatic N) is 4. The van der Waals surface area contributed by atoms with Crippen LogP contribution in [0.4, 0.5) is 0 Å². The molecule has 0 radical (unpaired) electrons. The third-order valence-corrected chi connectivity index (χ3v) is 6.72. The van der Waals surface area contributed by atoms with Crippen LogP contribution in [0.3, 0.4) is 0 Å². The van der Waals surface area contributed by atoms with Crippen LogP contribution >= 0.6 is 27.3 Å². The van der Waals surface area contributed by atoms with Crippen molar-refractivity contribution in [2.75, 3.05) is 0 Å². The zero-order valence-corrected chi connectivity index (χ0v) is 15.0. The number of hydrogen-bond donors (Lipinski definition) is 0. The van der Waals surface area contributed by atoms with E-state index in [1.807, 2.05) is 6.07 Å². The third-order valence-electron chi connectivity index (χ3n) is 4.56. The summed E-state index contributed by atoms with van der Waals surface area (Å²) in [5.74, 6) is 2.85. The van der Waals surface area contributed by atoms with E-state index in [4.69, 9.17) is 0 Å². The summed E-state index contributed by atoms with van der Waals surface area (Å²) in [6.45, 7) is 4.37. The molecule has 2 saturated carbocycles. The number of hydrogen-bond acceptors (Lipinski definition) is 4. The second-order valence-corrected chi connectivity index (χ2v) is 9.16. The van der Waals surface area contributed by atoms with Gasteiger partial charge in [-0.2, -0.15) is 5.26 Å². The third kappa shape index (κ3) is 2.22. The smallest absolute Gasteiger partial charge is 0.144 e. The maximum Gasteiger partial charge on any atom is 0.144 e. The Morgan fingerprint density at radius 3 is 2.59 bits per heavy atom. The lowest BCUT2D eigenvalue weighted by Gasteiger charge is -2.23. The second-order valence-electron chi connectivity index (χ2n) is 6.79. The quantitative estimate of drug-likeness (QED) is 0.788. The molecule has 2 fully saturated rings. The Balaban J connectivity index is 1.81. The van der Waals surface area contributed by atoms with Crippen LogP contribution in [0.1, 0.15) is 73.6 Å². The van der Waals surface area contributed by atoms with Gasteiger partial charge in [0.1, 0.15) is 17.7 Å². The van der Waals surface area contributed by atoms with E-state index in [1.54, 1.807) is 11.3 Å². The lowest BCUT2D eigenvalue weighted by molar-refractivity contribution is 0.533. The monoisotopic (exact) mass is 376 g/mol. The summed E-state index contributed by atoms with van der Waals surface area (Å²) >= 11 is 5.12. The molecule has 0 bridgehead atoms. The van der Waals surface area contributed by atoms with Gasteiger partial charge in [0.25, 0.3) is 0 Å². The fourth-order valence-electron chi connectivity index (χ4n) is 2.91. The summed E-state index contributed by atoms with van der Waals surface area (Å²) in [5.41, 5.74) is 0.471. The van der Waals surface area contributed by atoms with Crippen molar-refractivity contribution < 1.29 is 0 Å². The van der Waals surface area contributed by atoms with Crippen LogP contribution in [0.15, 0.2) is 9.85 Å². The maximum atomic E-state index is 9.20. The standard InChI is InChI=1S/C16H17BrN4S/c1-16(2,12-7-10(8-18)13(17)22-12)15-20-19-14(9-3-4-9)21(15)11-5-6-11/h7,9,11H,3-6H2,1-2H3. The minimum absolute atomic E-state index is 0.231. The van der Waals surface area contributed by atoms with Crippen LogP contribution in [0, 0.1) is 11.3 Å². The molecule has 2 aromatic rings. The minimum atomic E-state index is -0.231. The van der Waals surface area contributed by atoms with Gasteiger partial charge in [-0.25, -0.2) is 0 Å². The molecule has 0 N–H and O–H groups in total. The average molecular weight is 377 g/mol. The van der Waals surface area contributed by atoms with Gasteiger partial charge in [0.15, 0.2) is 0 Å². The number of halogens is 1. The zero-order chi connectivity index (χ0) is 15.5. The molecule has 4 nitrogen and oxygen atoms in total. The van der Waals surface area contributed by atoms with Crippen molar-refractivity contribution in [2.45, 2.75) is 56.9 Å². The van der Waals surface area contributed by atoms with E-state index >= 15 is 0 Å². The second kappa shape index (κ2) is 4.90. The van der Waals surface area contributed by atoms with E-state index in [0.29, 0.717) is 17.5 Å². The van der Waals surface area contributed by atoms with Crippen molar-refractivity contribution >= 4 is 27.3 Å². The van der Waals surface area contributed by atoms with Crippen molar-refractivity contribution in [1.82, 2.24) is 14.8 Å². The van der Waals surface area contributed by atoms with Gasteiger partial charge < -0.3 is 4.57 Å². The van der Waals surface area contributed by atoms with E-state index < -0.39 is 0 Å². The Morgan fingerprint density at radius 2 is 2.05 bits per heavy atom. The molecular formula is C16H17BrN4S. The normalized spacial score (nSPS) is 18.5. The highest BCUT2D eigenvalue weighted by atomic mass is 79.9. The molecule has 2 heterocycles. The molecule has 0 unspecified atom stereocenters. The van der Waals surface area contributed by atoms with Gasteiger partial charge in [0.05, 0.1) is 14.8 Å². The Hall–Kier alpha value is -1.19. The first kappa shape index (κ1) is 14.4. The van der Waals surface area contributed by atoms with Crippen molar-refractivity contribution in [1.29, 1.82) is 5.26 Å². The van der Waals surface area contributed by atoms with Gasteiger partial charge in [-0.05, 0) is 61.5 Å². The van der Waals surface area contributed by atoms with Gasteiger partial charge >= 0.3 is 0 Å². The molecule has 6 heteroatoms. The molecule has 0 spiro atoms. The van der Waals surface area contributed by atoms with Crippen molar-refractivity contribution in [2.24, 2.45) is 0 Å². The number of nitriles is 1. The first-order valence-corrected chi connectivity index (χ1v) is 9.28. The van der Waals surface area contributed by atoms with E-state index in [2.05, 4.69) is 50.6 Å². The van der Waals surface area contributed by atoms with Gasteiger partial charge in [0.2, 0.25) is 0 Å². The SMILES string of the molecule is CC(C)(c1cc(C#N)c(Br)s1)c1nnc(C2CC2)n1C1CC1. The lowest BCUT2D eigenvalue weighted by Crippen LogP contribution is -2.24. The number of thiophene rings is 1. The van der Waals surface area contributed by atoms with Gasteiger partial charge in [-0.15, -0.1) is 21.5 Å². The molecule has 114 valence electrons. The molecule has 2 aromatic heterocycles. The highest BCUT2D eigenvalue weighted by Crippen LogP contribution is 2.48. The zero-order valence-electron chi connectivity index (χ0n) is 12.6. The van der Waals surface area contributed by atoms with Crippen LogP contribution in [-0.2, 0) is 5.41 Å². The predicted molar refractivity (Wildman–Crippen MR) is 89.1 cm³/mol. The fourth-order valence-corrected chi connectivity index (χ4v) is 4.56. The lowest BCUT2D eigenvalue weighted by atomic mass is 9.89. The fraction of sp³-hybridized carbons (Fsp3) is 0.562. The topological polar surface area (TPSA) is 54.5 Å². The van der Waals surface area contributed by atoms with E-state index in [0.717, 1.165) is 14.5 Å². The molecule has 0 saturated heterocycles. The Morgan fingerprint density at radius 1 is 1.32 bits per heavy atom. The number of rotatable bonds is 4. The first-order chi connectivity index (χ1) is 10.5. The van der Waals surface area contributed by atoms with E-state index in [9.17, 15) is 5.26 Å². The minimum Gasteiger partial charge on any atom is -0.311 e. The summed E-state index contributed by atoms with van der Waals surface area (Å²) in [7, 11) is 0. The summed E-state index contributed by atoms with van der Waals surface area (Å²) in [6, 6.07) is 4.81. The molecule has 0 aromatic carbocycles. The number of aromatic nitrogens is 3. The predicted octanol–water partition coefficient (Wildman–Crippen LogP) is 4.51. The van der Waals surface area contributed by atoms with E-state index in [-0.39, 0.29) is 5.41 Å². The van der Waals surface area contributed by atoms with Gasteiger partial charge in [-0.1, -0.05) is 0 Å². The Kier molecular flexibility index (Phi) is 3.21. The van der Waals surface area contributed by atoms with E-state index in [1.165, 1.54) is 31.5 Å². The van der Waals surface area contributed by atoms with Crippen LogP contribution < -0.4 is 0 Å². The molecule has 0 amide bonds. The van der Waals surface area contributed by atoms with Crippen molar-refractivity contribution in [3.05, 3.63) is 31.9 Å². The maximum absolute atomic E-state index is 9.20. The Labute approximate surface area is 142 Å². The van der Waals surface area contributed by atoms with Gasteiger partial charge in [0, 0.05) is 16.8 Å². The molecule has 0 atom stereocenters. The first-order valence-electron chi connectivity index (χ1n) is 7.67. The van der Waals surface area contributed by atoms with Crippen LogP contribution in [0.5, 0.6) is 0 Å². The van der Waals surface area contributed by atoms with Crippen molar-refractivity contribution in [3.63, 3.8) is 0 Å². The molecule has 0 aliphatic heterocycles. The molecule has 4 rings (SSSR count). The van der Waals surface area contributed by atoms with Crippen LogP contribution in [-0.4, -0.2) is 14.8 Å². The average Bonchev–Trinajstić information content (AvgIpc) is 3.42. The Bertz CT molecular complexity index is 775. The van der Waals surface area contributed by atoms with Gasteiger partial charge in [-0.3, -0.25) is 0 Å². The summed E-state index contributed by atoms with van der Waals surface area (Å²) in [6.07, 6.45) is 4.96. The molecular weight excluding hydrogens is 360 g/mol. The summed E-state index contributed by atoms with van der Waals surface area (Å²) < 4.78 is 3.30. The summed E-state index contributed by atoms with van der Waals surface area (Å²) in [4.78, 5) is 1.16. The summed E-state index contributed by atoms with van der Waals surface area (Å²) in [5, 5.41) is 18.3. The molecule has 22 heavy (non-hydrogen) atoms. The largest absolute Gasteiger partial charge is 0.311 e. The highest BCUT2D eigenvalue weighted by Gasteiger charge is 2.41. The van der Waals surface area contributed by atoms with Crippen molar-refractivity contribution in [3.8, 4) is 6.07 Å². The molecule has 2 aliphatic rings. The highest BCUT2D eigenvalue weighted by molar-refractivity contribution is 9.11. The van der Waals surface area contributed by atoms with Crippen LogP contribution in [0.2, 0.25) is 0 Å².